The second-order valence-electron chi connectivity index (χ2n) is 11.7. The molecule has 6 aromatic carbocycles. The number of hydrogen-bond donors (Lipinski definition) is 5. The highest BCUT2D eigenvalue weighted by molar-refractivity contribution is 6.03. The minimum atomic E-state index is -0.731. The lowest BCUT2D eigenvalue weighted by Gasteiger charge is -2.15. The maximum absolute atomic E-state index is 12.6. The molecule has 0 radical (unpaired) electrons. The molecule has 6 N–H and O–H groups in total. The molecule has 234 valence electrons. The van der Waals surface area contributed by atoms with Crippen molar-refractivity contribution in [3.63, 3.8) is 0 Å². The van der Waals surface area contributed by atoms with Gasteiger partial charge in [-0.05, 0) is 72.8 Å². The smallest absolute Gasteiger partial charge is 0.236 e. The van der Waals surface area contributed by atoms with Crippen LogP contribution >= 0.6 is 0 Å². The molecule has 7 heteroatoms. The van der Waals surface area contributed by atoms with Crippen LogP contribution in [-0.2, 0) is 22.7 Å². The van der Waals surface area contributed by atoms with Crippen molar-refractivity contribution in [3.05, 3.63) is 120 Å². The van der Waals surface area contributed by atoms with Crippen molar-refractivity contribution < 1.29 is 9.59 Å². The van der Waals surface area contributed by atoms with Gasteiger partial charge in [0.2, 0.25) is 11.8 Å². The highest BCUT2D eigenvalue weighted by Crippen LogP contribution is 2.29. The Balaban J connectivity index is 0.890. The van der Waals surface area contributed by atoms with Gasteiger partial charge in [-0.15, -0.1) is 0 Å². The summed E-state index contributed by atoms with van der Waals surface area (Å²) in [4.78, 5) is 25.0. The predicted octanol–water partition coefficient (Wildman–Crippen LogP) is 5.52. The molecule has 0 unspecified atom stereocenters. The van der Waals surface area contributed by atoms with Crippen molar-refractivity contribution in [1.82, 2.24) is 21.3 Å². The largest absolute Gasteiger partial charge is 0.355 e. The zero-order valence-electron chi connectivity index (χ0n) is 26.0. The van der Waals surface area contributed by atoms with Crippen LogP contribution in [0, 0.1) is 0 Å². The third-order valence-electron chi connectivity index (χ3n) is 8.61. The molecule has 0 bridgehead atoms. The molecule has 0 saturated heterocycles. The van der Waals surface area contributed by atoms with Crippen LogP contribution in [-0.4, -0.2) is 44.0 Å². The summed E-state index contributed by atoms with van der Waals surface area (Å²) >= 11 is 0. The molecular formula is C39H41N5O2. The molecule has 46 heavy (non-hydrogen) atoms. The van der Waals surface area contributed by atoms with E-state index in [0.717, 1.165) is 0 Å². The monoisotopic (exact) mass is 611 g/mol. The molecule has 0 aliphatic carbocycles. The highest BCUT2D eigenvalue weighted by Gasteiger charge is 2.15. The minimum Gasteiger partial charge on any atom is -0.355 e. The van der Waals surface area contributed by atoms with Crippen LogP contribution in [0.4, 0.5) is 0 Å². The first-order valence-corrected chi connectivity index (χ1v) is 16.1. The minimum absolute atomic E-state index is 0.107. The zero-order chi connectivity index (χ0) is 31.7. The zero-order valence-corrected chi connectivity index (χ0v) is 26.0. The summed E-state index contributed by atoms with van der Waals surface area (Å²) in [6.07, 6.45) is 0.497. The number of rotatable bonds is 14. The van der Waals surface area contributed by atoms with Crippen molar-refractivity contribution in [2.24, 2.45) is 5.73 Å². The summed E-state index contributed by atoms with van der Waals surface area (Å²) in [5.41, 5.74) is 8.61. The standard InChI is InChI=1S/C39H41N5O2/c40-37(39(46)44-22-20-42-26-36-33-15-7-3-11-29(33)24-30-12-4-8-16-34(30)36)17-18-38(45)43-21-19-41-25-35-31-13-5-1-9-27(31)23-28-10-2-6-14-32(28)35/h1-16,23-24,37,41-42H,17-22,25-26,40H2,(H,43,45)(H,44,46)/t37-/m0/s1. The van der Waals surface area contributed by atoms with E-state index in [4.69, 9.17) is 5.73 Å². The number of nitrogens with two attached hydrogens (primary N) is 1. The molecule has 7 nitrogen and oxygen atoms in total. The Kier molecular flexibility index (Phi) is 10.1. The Morgan fingerprint density at radius 3 is 1.37 bits per heavy atom. The van der Waals surface area contributed by atoms with Gasteiger partial charge in [0, 0.05) is 45.7 Å². The van der Waals surface area contributed by atoms with Crippen LogP contribution in [0.25, 0.3) is 43.1 Å². The second-order valence-corrected chi connectivity index (χ2v) is 11.7. The van der Waals surface area contributed by atoms with E-state index in [2.05, 4.69) is 130 Å². The van der Waals surface area contributed by atoms with Crippen molar-refractivity contribution in [1.29, 1.82) is 0 Å². The van der Waals surface area contributed by atoms with Crippen molar-refractivity contribution in [2.75, 3.05) is 26.2 Å². The number of nitrogens with one attached hydrogen (secondary N) is 4. The molecule has 6 aromatic rings. The third kappa shape index (κ3) is 7.35. The van der Waals surface area contributed by atoms with Crippen molar-refractivity contribution >= 4 is 54.9 Å². The normalized spacial score (nSPS) is 12.1. The summed E-state index contributed by atoms with van der Waals surface area (Å²) in [7, 11) is 0. The fourth-order valence-corrected chi connectivity index (χ4v) is 6.23. The molecule has 2 amide bonds. The SMILES string of the molecule is N[C@@H](CCC(=O)NCCNCc1c2ccccc2cc2ccccc12)C(=O)NCCNCc1c2ccccc2cc2ccccc12. The van der Waals surface area contributed by atoms with E-state index in [0.29, 0.717) is 45.7 Å². The number of fused-ring (bicyclic) bond motifs is 4. The number of amides is 2. The van der Waals surface area contributed by atoms with E-state index in [9.17, 15) is 9.59 Å². The number of carbonyl (C=O) groups excluding carboxylic acids is 2. The fourth-order valence-electron chi connectivity index (χ4n) is 6.23. The van der Waals surface area contributed by atoms with Gasteiger partial charge in [-0.1, -0.05) is 97.1 Å². The van der Waals surface area contributed by atoms with Crippen LogP contribution in [0.15, 0.2) is 109 Å². The quantitative estimate of drug-likeness (QED) is 0.0824. The first kappa shape index (κ1) is 31.2. The lowest BCUT2D eigenvalue weighted by Crippen LogP contribution is -2.43. The number of carbonyl (C=O) groups is 2. The van der Waals surface area contributed by atoms with Crippen molar-refractivity contribution in [2.45, 2.75) is 32.0 Å². The predicted molar refractivity (Wildman–Crippen MR) is 190 cm³/mol. The molecule has 0 aromatic heterocycles. The summed E-state index contributed by atoms with van der Waals surface area (Å²) in [5, 5.41) is 22.6. The van der Waals surface area contributed by atoms with E-state index >= 15 is 0 Å². The summed E-state index contributed by atoms with van der Waals surface area (Å²) in [6, 6.07) is 37.4. The third-order valence-corrected chi connectivity index (χ3v) is 8.61. The van der Waals surface area contributed by atoms with Gasteiger partial charge in [-0.3, -0.25) is 9.59 Å². The maximum atomic E-state index is 12.6. The summed E-state index contributed by atoms with van der Waals surface area (Å²) < 4.78 is 0. The van der Waals surface area contributed by atoms with Gasteiger partial charge >= 0.3 is 0 Å². The fraction of sp³-hybridized carbons (Fsp3) is 0.231. The van der Waals surface area contributed by atoms with Crippen LogP contribution < -0.4 is 27.0 Å². The summed E-state index contributed by atoms with van der Waals surface area (Å²) in [5.74, 6) is -0.348. The van der Waals surface area contributed by atoms with E-state index < -0.39 is 6.04 Å². The molecule has 0 saturated carbocycles. The molecule has 1 atom stereocenters. The van der Waals surface area contributed by atoms with Crippen LogP contribution in [0.3, 0.4) is 0 Å². The Morgan fingerprint density at radius 2 is 0.935 bits per heavy atom. The van der Waals surface area contributed by atoms with E-state index in [1.165, 1.54) is 54.2 Å². The maximum Gasteiger partial charge on any atom is 0.236 e. The average Bonchev–Trinajstić information content (AvgIpc) is 3.09. The Labute approximate surface area is 269 Å². The average molecular weight is 612 g/mol. The number of benzene rings is 6. The Hall–Kier alpha value is -4.82. The Morgan fingerprint density at radius 1 is 0.543 bits per heavy atom. The van der Waals surface area contributed by atoms with Gasteiger partial charge in [-0.25, -0.2) is 0 Å². The topological polar surface area (TPSA) is 108 Å². The lowest BCUT2D eigenvalue weighted by molar-refractivity contribution is -0.123. The molecule has 6 rings (SSSR count). The summed E-state index contributed by atoms with van der Waals surface area (Å²) in [6.45, 7) is 3.60. The van der Waals surface area contributed by atoms with Crippen LogP contribution in [0.1, 0.15) is 24.0 Å². The molecule has 0 spiro atoms. The molecular weight excluding hydrogens is 570 g/mol. The number of hydrogen-bond acceptors (Lipinski definition) is 5. The van der Waals surface area contributed by atoms with E-state index in [-0.39, 0.29) is 18.2 Å². The molecule has 0 aliphatic heterocycles. The van der Waals surface area contributed by atoms with Gasteiger partial charge in [0.25, 0.3) is 0 Å². The lowest BCUT2D eigenvalue weighted by atomic mass is 9.97. The molecule has 0 fully saturated rings. The first-order valence-electron chi connectivity index (χ1n) is 16.1. The van der Waals surface area contributed by atoms with Gasteiger partial charge in [0.15, 0.2) is 0 Å². The molecule has 0 heterocycles. The second kappa shape index (κ2) is 15.0. The highest BCUT2D eigenvalue weighted by atomic mass is 16.2. The van der Waals surface area contributed by atoms with Crippen LogP contribution in [0.5, 0.6) is 0 Å². The van der Waals surface area contributed by atoms with Gasteiger partial charge in [-0.2, -0.15) is 0 Å². The Bertz CT molecular complexity index is 1880. The van der Waals surface area contributed by atoms with E-state index in [1.807, 2.05) is 0 Å². The first-order chi connectivity index (χ1) is 22.6. The van der Waals surface area contributed by atoms with Gasteiger partial charge < -0.3 is 27.0 Å². The van der Waals surface area contributed by atoms with Gasteiger partial charge in [0.1, 0.15) is 0 Å². The van der Waals surface area contributed by atoms with Crippen LogP contribution in [0.2, 0.25) is 0 Å². The molecule has 0 aliphatic rings. The van der Waals surface area contributed by atoms with Crippen molar-refractivity contribution in [3.8, 4) is 0 Å². The van der Waals surface area contributed by atoms with Gasteiger partial charge in [0.05, 0.1) is 6.04 Å². The van der Waals surface area contributed by atoms with E-state index in [1.54, 1.807) is 0 Å².